The van der Waals surface area contributed by atoms with Gasteiger partial charge in [0.1, 0.15) is 12.4 Å². The van der Waals surface area contributed by atoms with Crippen LogP contribution in [0, 0.1) is 6.92 Å². The van der Waals surface area contributed by atoms with Gasteiger partial charge in [-0.15, -0.1) is 0 Å². The van der Waals surface area contributed by atoms with Crippen LogP contribution in [0.4, 0.5) is 0 Å². The lowest BCUT2D eigenvalue weighted by Crippen LogP contribution is -2.26. The maximum absolute atomic E-state index is 10.6. The van der Waals surface area contributed by atoms with Gasteiger partial charge >= 0.3 is 0 Å². The minimum Gasteiger partial charge on any atom is -0.760 e. The summed E-state index contributed by atoms with van der Waals surface area (Å²) in [6.07, 6.45) is -0.693. The monoisotopic (exact) mass is 403 g/mol. The average Bonchev–Trinajstić information content (AvgIpc) is 3.06. The van der Waals surface area contributed by atoms with Crippen LogP contribution in [0.25, 0.3) is 10.9 Å². The summed E-state index contributed by atoms with van der Waals surface area (Å²) in [6, 6.07) is 13.0. The summed E-state index contributed by atoms with van der Waals surface area (Å²) in [5.74, 6) is 0.748. The van der Waals surface area contributed by atoms with Crippen molar-refractivity contribution in [2.24, 2.45) is 0 Å². The first-order chi connectivity index (χ1) is 13.5. The molecule has 0 radical (unpaired) electrons. The number of ether oxygens (including phenoxy) is 1. The van der Waals surface area contributed by atoms with E-state index in [0.29, 0.717) is 19.7 Å². The lowest BCUT2D eigenvalue weighted by molar-refractivity contribution is 0.172. The van der Waals surface area contributed by atoms with Gasteiger partial charge in [0.25, 0.3) is 0 Å². The molecular formula is C19H23N4O4S-. The van der Waals surface area contributed by atoms with Crippen molar-refractivity contribution in [3.8, 4) is 5.75 Å². The van der Waals surface area contributed by atoms with Crippen LogP contribution < -0.4 is 14.8 Å². The Bertz CT molecular complexity index is 947. The van der Waals surface area contributed by atoms with Crippen molar-refractivity contribution in [3.05, 3.63) is 59.3 Å². The van der Waals surface area contributed by atoms with E-state index in [-0.39, 0.29) is 6.54 Å². The summed E-state index contributed by atoms with van der Waals surface area (Å²) < 4.78 is 29.2. The summed E-state index contributed by atoms with van der Waals surface area (Å²) in [4.78, 5) is 0. The van der Waals surface area contributed by atoms with Gasteiger partial charge in [-0.05, 0) is 30.2 Å². The quantitative estimate of drug-likeness (QED) is 0.300. The van der Waals surface area contributed by atoms with E-state index in [1.807, 2.05) is 31.2 Å². The van der Waals surface area contributed by atoms with Crippen molar-refractivity contribution < 1.29 is 18.6 Å². The molecule has 2 unspecified atom stereocenters. The molecule has 0 aliphatic rings. The van der Waals surface area contributed by atoms with Gasteiger partial charge in [-0.2, -0.15) is 5.10 Å². The first-order valence-electron chi connectivity index (χ1n) is 8.91. The second kappa shape index (κ2) is 9.76. The van der Waals surface area contributed by atoms with Gasteiger partial charge in [-0.1, -0.05) is 24.3 Å². The number of aromatic amines is 1. The third-order valence-electron chi connectivity index (χ3n) is 4.33. The van der Waals surface area contributed by atoms with E-state index in [1.165, 1.54) is 0 Å². The summed E-state index contributed by atoms with van der Waals surface area (Å²) in [6.45, 7) is 3.57. The Morgan fingerprint density at radius 1 is 1.32 bits per heavy atom. The summed E-state index contributed by atoms with van der Waals surface area (Å²) in [5, 5.41) is 21.7. The molecule has 3 rings (SSSR count). The number of nitrogens with zero attached hydrogens (tertiary/aromatic N) is 1. The highest BCUT2D eigenvalue weighted by Gasteiger charge is 2.08. The van der Waals surface area contributed by atoms with Crippen LogP contribution in [0.5, 0.6) is 5.75 Å². The number of H-pyrrole nitrogens is 1. The number of nitrogens with one attached hydrogen (secondary N) is 3. The van der Waals surface area contributed by atoms with Crippen LogP contribution in [0.15, 0.2) is 42.5 Å². The zero-order valence-electron chi connectivity index (χ0n) is 15.5. The third-order valence-corrected chi connectivity index (χ3v) is 4.71. The fraction of sp³-hybridized carbons (Fsp3) is 0.316. The number of hydrogen-bond acceptors (Lipinski definition) is 6. The lowest BCUT2D eigenvalue weighted by Gasteiger charge is -2.14. The normalized spacial score (nSPS) is 13.5. The topological polar surface area (TPSA) is 122 Å². The predicted octanol–water partition coefficient (Wildman–Crippen LogP) is 1.46. The van der Waals surface area contributed by atoms with E-state index >= 15 is 0 Å². The maximum atomic E-state index is 10.6. The summed E-state index contributed by atoms with van der Waals surface area (Å²) >= 11 is -2.31. The van der Waals surface area contributed by atoms with Crippen molar-refractivity contribution in [3.63, 3.8) is 0 Å². The van der Waals surface area contributed by atoms with E-state index in [9.17, 15) is 13.9 Å². The van der Waals surface area contributed by atoms with E-state index < -0.39 is 17.4 Å². The van der Waals surface area contributed by atoms with E-state index in [2.05, 4.69) is 20.2 Å². The average molecular weight is 403 g/mol. The molecule has 0 aliphatic carbocycles. The van der Waals surface area contributed by atoms with E-state index in [1.54, 1.807) is 18.2 Å². The summed E-state index contributed by atoms with van der Waals surface area (Å²) in [7, 11) is 0. The number of rotatable bonds is 10. The number of aliphatic hydroxyl groups excluding tert-OH is 1. The van der Waals surface area contributed by atoms with Gasteiger partial charge in [-0.3, -0.25) is 9.31 Å². The van der Waals surface area contributed by atoms with Crippen LogP contribution in [0.3, 0.4) is 0 Å². The molecule has 2 atom stereocenters. The second-order valence-corrected chi connectivity index (χ2v) is 7.15. The number of fused-ring (bicyclic) bond motifs is 1. The van der Waals surface area contributed by atoms with Gasteiger partial charge in [0, 0.05) is 48.0 Å². The third kappa shape index (κ3) is 5.60. The van der Waals surface area contributed by atoms with E-state index in [0.717, 1.165) is 33.5 Å². The Labute approximate surface area is 165 Å². The molecule has 150 valence electrons. The highest BCUT2D eigenvalue weighted by Crippen LogP contribution is 2.21. The second-order valence-electron chi connectivity index (χ2n) is 6.40. The molecule has 4 N–H and O–H groups in total. The smallest absolute Gasteiger partial charge is 0.121 e. The van der Waals surface area contributed by atoms with Crippen molar-refractivity contribution >= 4 is 22.2 Å². The molecular weight excluding hydrogens is 380 g/mol. The van der Waals surface area contributed by atoms with Gasteiger partial charge < -0.3 is 19.7 Å². The molecule has 1 aromatic heterocycles. The molecule has 0 saturated carbocycles. The minimum absolute atomic E-state index is 0.192. The zero-order valence-corrected chi connectivity index (χ0v) is 16.3. The first-order valence-corrected chi connectivity index (χ1v) is 9.98. The Morgan fingerprint density at radius 2 is 2.18 bits per heavy atom. The number of aliphatic hydroxyl groups is 1. The molecule has 2 aromatic carbocycles. The Balaban J connectivity index is 1.41. The van der Waals surface area contributed by atoms with Crippen LogP contribution in [0.1, 0.15) is 22.9 Å². The first kappa shape index (κ1) is 20.4. The van der Waals surface area contributed by atoms with Crippen molar-refractivity contribution in [1.29, 1.82) is 0 Å². The van der Waals surface area contributed by atoms with Gasteiger partial charge in [0.2, 0.25) is 0 Å². The predicted molar refractivity (Wildman–Crippen MR) is 106 cm³/mol. The highest BCUT2D eigenvalue weighted by molar-refractivity contribution is 7.77. The molecule has 0 fully saturated rings. The maximum Gasteiger partial charge on any atom is 0.121 e. The molecule has 0 bridgehead atoms. The fourth-order valence-corrected chi connectivity index (χ4v) is 3.15. The molecule has 0 amide bonds. The van der Waals surface area contributed by atoms with E-state index in [4.69, 9.17) is 4.74 Å². The molecule has 0 aliphatic heterocycles. The van der Waals surface area contributed by atoms with Gasteiger partial charge in [0.15, 0.2) is 0 Å². The number of benzene rings is 2. The molecule has 9 heteroatoms. The molecule has 0 saturated heterocycles. The lowest BCUT2D eigenvalue weighted by atomic mass is 10.1. The van der Waals surface area contributed by atoms with Crippen molar-refractivity contribution in [1.82, 2.24) is 20.2 Å². The number of aryl methyl sites for hydroxylation is 1. The minimum atomic E-state index is -2.31. The van der Waals surface area contributed by atoms with Crippen LogP contribution in [-0.2, 0) is 17.8 Å². The Morgan fingerprint density at radius 3 is 3.00 bits per heavy atom. The van der Waals surface area contributed by atoms with Crippen molar-refractivity contribution in [2.45, 2.75) is 19.6 Å². The SMILES string of the molecule is Cc1[nH]nc2cc(OCCNCC(O)c3cccc(CNS(=O)[O-])c3)ccc12. The standard InChI is InChI=1S/C19H24N4O4S/c1-13-17-6-5-16(10-18(17)23-22-13)27-8-7-20-12-19(24)15-4-2-3-14(9-15)11-21-28(25)26/h2-6,9-10,19-21,24H,7-8,11-12H2,1H3,(H,22,23)(H,25,26)/p-1. The van der Waals surface area contributed by atoms with Crippen LogP contribution >= 0.6 is 0 Å². The molecule has 8 nitrogen and oxygen atoms in total. The largest absolute Gasteiger partial charge is 0.760 e. The summed E-state index contributed by atoms with van der Waals surface area (Å²) in [5.41, 5.74) is 3.41. The molecule has 1 heterocycles. The number of aromatic nitrogens is 2. The molecule has 3 aromatic rings. The fourth-order valence-electron chi connectivity index (χ4n) is 2.87. The highest BCUT2D eigenvalue weighted by atomic mass is 32.2. The van der Waals surface area contributed by atoms with Gasteiger partial charge in [-0.25, -0.2) is 4.72 Å². The molecule has 28 heavy (non-hydrogen) atoms. The Kier molecular flexibility index (Phi) is 7.12. The zero-order chi connectivity index (χ0) is 19.9. The number of hydrogen-bond donors (Lipinski definition) is 4. The van der Waals surface area contributed by atoms with Crippen LogP contribution in [0.2, 0.25) is 0 Å². The van der Waals surface area contributed by atoms with Crippen molar-refractivity contribution in [2.75, 3.05) is 19.7 Å². The molecule has 0 spiro atoms. The van der Waals surface area contributed by atoms with Crippen LogP contribution in [-0.4, -0.2) is 43.8 Å². The Hall–Kier alpha value is -2.30. The van der Waals surface area contributed by atoms with Gasteiger partial charge in [0.05, 0.1) is 11.6 Å².